The predicted octanol–water partition coefficient (Wildman–Crippen LogP) is 9.83. The van der Waals surface area contributed by atoms with E-state index in [0.29, 0.717) is 6.42 Å². The Kier molecular flexibility index (Phi) is 31.7. The lowest BCUT2D eigenvalue weighted by molar-refractivity contribution is -0.161. The summed E-state index contributed by atoms with van der Waals surface area (Å²) in [7, 11) is 0. The molecule has 0 spiro atoms. The number of esters is 2. The molecule has 0 aromatic rings. The molecule has 46 heavy (non-hydrogen) atoms. The van der Waals surface area contributed by atoms with Gasteiger partial charge in [-0.15, -0.1) is 0 Å². The zero-order valence-electron chi connectivity index (χ0n) is 29.3. The SMILES string of the molecule is CC/C=C\C/C=C\C/C=C\C/C=C\C/C=C\C=C/C(O)CCC(=O)OC[C@H](CO)OC(=O)CCCCCCCCCCC(C)CC. The second-order valence-electron chi connectivity index (χ2n) is 12.0. The third kappa shape index (κ3) is 31.3. The average Bonchev–Trinajstić information content (AvgIpc) is 3.06. The first-order chi connectivity index (χ1) is 22.4. The number of hydrogen-bond donors (Lipinski definition) is 2. The molecule has 0 saturated carbocycles. The number of unbranched alkanes of at least 4 members (excludes halogenated alkanes) is 7. The van der Waals surface area contributed by atoms with E-state index in [4.69, 9.17) is 9.47 Å². The van der Waals surface area contributed by atoms with Gasteiger partial charge >= 0.3 is 11.9 Å². The first kappa shape index (κ1) is 43.3. The highest BCUT2D eigenvalue weighted by Crippen LogP contribution is 2.15. The fourth-order valence-electron chi connectivity index (χ4n) is 4.52. The van der Waals surface area contributed by atoms with Crippen LogP contribution >= 0.6 is 0 Å². The first-order valence-corrected chi connectivity index (χ1v) is 18.0. The lowest BCUT2D eigenvalue weighted by atomic mass is 9.99. The number of aliphatic hydroxyl groups excluding tert-OH is 2. The maximum atomic E-state index is 12.1. The van der Waals surface area contributed by atoms with E-state index in [2.05, 4.69) is 69.4 Å². The molecule has 0 aliphatic rings. The van der Waals surface area contributed by atoms with Crippen molar-refractivity contribution < 1.29 is 29.3 Å². The van der Waals surface area contributed by atoms with E-state index >= 15 is 0 Å². The zero-order valence-corrected chi connectivity index (χ0v) is 29.3. The second kappa shape index (κ2) is 33.7. The van der Waals surface area contributed by atoms with Gasteiger partial charge in [0.1, 0.15) is 6.61 Å². The minimum absolute atomic E-state index is 0.0289. The summed E-state index contributed by atoms with van der Waals surface area (Å²) < 4.78 is 10.4. The summed E-state index contributed by atoms with van der Waals surface area (Å²) in [4.78, 5) is 24.2. The average molecular weight is 643 g/mol. The van der Waals surface area contributed by atoms with E-state index in [1.807, 2.05) is 12.2 Å². The van der Waals surface area contributed by atoms with Crippen LogP contribution in [0.25, 0.3) is 0 Å². The van der Waals surface area contributed by atoms with Crippen molar-refractivity contribution in [3.8, 4) is 0 Å². The number of carbonyl (C=O) groups is 2. The van der Waals surface area contributed by atoms with Crippen LogP contribution in [0, 0.1) is 5.92 Å². The lowest BCUT2D eigenvalue weighted by Gasteiger charge is -2.16. The lowest BCUT2D eigenvalue weighted by Crippen LogP contribution is -2.28. The number of rotatable bonds is 30. The fraction of sp³-hybridized carbons (Fsp3) is 0.650. The normalized spacial score (nSPS) is 14.5. The van der Waals surface area contributed by atoms with Crippen LogP contribution < -0.4 is 0 Å². The Morgan fingerprint density at radius 1 is 0.652 bits per heavy atom. The van der Waals surface area contributed by atoms with Crippen molar-refractivity contribution in [1.82, 2.24) is 0 Å². The highest BCUT2D eigenvalue weighted by atomic mass is 16.6. The van der Waals surface area contributed by atoms with Gasteiger partial charge in [-0.3, -0.25) is 9.59 Å². The summed E-state index contributed by atoms with van der Waals surface area (Å²) in [5.41, 5.74) is 0. The minimum atomic E-state index is -0.868. The van der Waals surface area contributed by atoms with E-state index in [0.717, 1.165) is 57.3 Å². The maximum absolute atomic E-state index is 12.1. The van der Waals surface area contributed by atoms with Gasteiger partial charge < -0.3 is 19.7 Å². The third-order valence-electron chi connectivity index (χ3n) is 7.67. The van der Waals surface area contributed by atoms with E-state index in [1.54, 1.807) is 12.2 Å². The Morgan fingerprint density at radius 3 is 1.76 bits per heavy atom. The summed E-state index contributed by atoms with van der Waals surface area (Å²) in [5.74, 6) is -0.0436. The van der Waals surface area contributed by atoms with Crippen molar-refractivity contribution in [2.45, 2.75) is 149 Å². The van der Waals surface area contributed by atoms with Gasteiger partial charge in [-0.05, 0) is 50.9 Å². The van der Waals surface area contributed by atoms with Crippen molar-refractivity contribution >= 4 is 11.9 Å². The van der Waals surface area contributed by atoms with Crippen molar-refractivity contribution in [3.05, 3.63) is 72.9 Å². The predicted molar refractivity (Wildman–Crippen MR) is 192 cm³/mol. The molecule has 0 radical (unpaired) electrons. The van der Waals surface area contributed by atoms with Gasteiger partial charge in [0.2, 0.25) is 0 Å². The van der Waals surface area contributed by atoms with Gasteiger partial charge in [0.05, 0.1) is 12.7 Å². The first-order valence-electron chi connectivity index (χ1n) is 18.0. The third-order valence-corrected chi connectivity index (χ3v) is 7.67. The summed E-state index contributed by atoms with van der Waals surface area (Å²) in [6.07, 6.45) is 40.0. The number of allylic oxidation sites excluding steroid dienone is 11. The quantitative estimate of drug-likeness (QED) is 0.0351. The van der Waals surface area contributed by atoms with Crippen molar-refractivity contribution in [2.75, 3.05) is 13.2 Å². The Bertz CT molecular complexity index is 897. The van der Waals surface area contributed by atoms with Gasteiger partial charge in [-0.1, -0.05) is 151 Å². The second-order valence-corrected chi connectivity index (χ2v) is 12.0. The van der Waals surface area contributed by atoms with Gasteiger partial charge in [-0.25, -0.2) is 0 Å². The van der Waals surface area contributed by atoms with E-state index < -0.39 is 24.8 Å². The summed E-state index contributed by atoms with van der Waals surface area (Å²) in [6.45, 7) is 6.11. The molecule has 6 nitrogen and oxygen atoms in total. The Morgan fingerprint density at radius 2 is 1.20 bits per heavy atom. The van der Waals surface area contributed by atoms with Crippen LogP contribution in [-0.4, -0.2) is 47.6 Å². The number of ether oxygens (including phenoxy) is 2. The van der Waals surface area contributed by atoms with Crippen molar-refractivity contribution in [3.63, 3.8) is 0 Å². The molecule has 3 atom stereocenters. The molecule has 0 amide bonds. The van der Waals surface area contributed by atoms with E-state index in [1.165, 1.54) is 44.9 Å². The van der Waals surface area contributed by atoms with Crippen LogP contribution in [0.1, 0.15) is 136 Å². The highest BCUT2D eigenvalue weighted by molar-refractivity contribution is 5.70. The molecule has 0 saturated heterocycles. The Hall–Kier alpha value is -2.70. The molecule has 262 valence electrons. The van der Waals surface area contributed by atoms with Crippen LogP contribution in [0.3, 0.4) is 0 Å². The Labute approximate surface area is 281 Å². The van der Waals surface area contributed by atoms with Gasteiger partial charge in [0.15, 0.2) is 6.10 Å². The van der Waals surface area contributed by atoms with Crippen LogP contribution in [0.5, 0.6) is 0 Å². The summed E-state index contributed by atoms with van der Waals surface area (Å²) >= 11 is 0. The smallest absolute Gasteiger partial charge is 0.306 e. The molecular formula is C40H66O6. The summed E-state index contributed by atoms with van der Waals surface area (Å²) in [5, 5.41) is 19.6. The van der Waals surface area contributed by atoms with Crippen LogP contribution in [0.4, 0.5) is 0 Å². The Balaban J connectivity index is 3.88. The molecule has 0 heterocycles. The number of hydrogen-bond acceptors (Lipinski definition) is 6. The molecule has 0 aliphatic heterocycles. The topological polar surface area (TPSA) is 93.1 Å². The molecule has 0 fully saturated rings. The van der Waals surface area contributed by atoms with Gasteiger partial charge in [0, 0.05) is 12.8 Å². The van der Waals surface area contributed by atoms with Gasteiger partial charge in [0.25, 0.3) is 0 Å². The van der Waals surface area contributed by atoms with E-state index in [-0.39, 0.29) is 25.4 Å². The molecule has 6 heteroatoms. The molecule has 0 aliphatic carbocycles. The van der Waals surface area contributed by atoms with E-state index in [9.17, 15) is 19.8 Å². The molecule has 0 bridgehead atoms. The van der Waals surface area contributed by atoms with Crippen molar-refractivity contribution in [1.29, 1.82) is 0 Å². The molecular weight excluding hydrogens is 576 g/mol. The zero-order chi connectivity index (χ0) is 33.9. The summed E-state index contributed by atoms with van der Waals surface area (Å²) in [6, 6.07) is 0. The maximum Gasteiger partial charge on any atom is 0.306 e. The molecule has 2 N–H and O–H groups in total. The monoisotopic (exact) mass is 642 g/mol. The van der Waals surface area contributed by atoms with Gasteiger partial charge in [-0.2, -0.15) is 0 Å². The molecule has 0 aromatic heterocycles. The largest absolute Gasteiger partial charge is 0.462 e. The standard InChI is InChI=1S/C40H66O6/c1-4-6-7-8-9-10-11-12-13-14-15-16-17-21-24-27-30-37(42)32-33-39(43)45-35-38(34-41)46-40(44)31-28-25-22-19-18-20-23-26-29-36(3)5-2/h6-7,9-10,12-13,15-16,21,24,27,30,36-38,41-42H,4-5,8,11,14,17-20,22-23,25-26,28-29,31-35H2,1-3H3/b7-6-,10-9-,13-12-,16-15-,24-21-,30-27-/t36?,37?,38-/m0/s1. The van der Waals surface area contributed by atoms with Crippen LogP contribution in [0.2, 0.25) is 0 Å². The molecule has 0 aromatic carbocycles. The van der Waals surface area contributed by atoms with Crippen LogP contribution in [-0.2, 0) is 19.1 Å². The number of aliphatic hydroxyl groups is 2. The molecule has 2 unspecified atom stereocenters. The number of carbonyl (C=O) groups excluding carboxylic acids is 2. The van der Waals surface area contributed by atoms with Crippen molar-refractivity contribution in [2.24, 2.45) is 5.92 Å². The van der Waals surface area contributed by atoms with Crippen LogP contribution in [0.15, 0.2) is 72.9 Å². The molecule has 0 rings (SSSR count). The highest BCUT2D eigenvalue weighted by Gasteiger charge is 2.16. The fourth-order valence-corrected chi connectivity index (χ4v) is 4.52. The minimum Gasteiger partial charge on any atom is -0.462 e.